The van der Waals surface area contributed by atoms with E-state index in [9.17, 15) is 0 Å². The summed E-state index contributed by atoms with van der Waals surface area (Å²) in [5.41, 5.74) is 4.11. The predicted molar refractivity (Wildman–Crippen MR) is 95.7 cm³/mol. The van der Waals surface area contributed by atoms with Gasteiger partial charge in [0.25, 0.3) is 0 Å². The van der Waals surface area contributed by atoms with E-state index < -0.39 is 0 Å². The van der Waals surface area contributed by atoms with E-state index in [-0.39, 0.29) is 0 Å². The highest BCUT2D eigenvalue weighted by Crippen LogP contribution is 2.36. The first-order valence-corrected chi connectivity index (χ1v) is 9.30. The van der Waals surface area contributed by atoms with Crippen LogP contribution < -0.4 is 5.32 Å². The number of halogens is 2. The van der Waals surface area contributed by atoms with Crippen LogP contribution in [-0.2, 0) is 12.8 Å². The van der Waals surface area contributed by atoms with E-state index in [0.29, 0.717) is 6.04 Å². The van der Waals surface area contributed by atoms with Gasteiger partial charge in [-0.15, -0.1) is 11.3 Å². The largest absolute Gasteiger partial charge is 0.310 e. The number of thiophene rings is 1. The second-order valence-electron chi connectivity index (χ2n) is 4.76. The first-order chi connectivity index (χ1) is 9.63. The maximum atomic E-state index is 3.67. The van der Waals surface area contributed by atoms with Gasteiger partial charge < -0.3 is 5.32 Å². The molecule has 0 spiro atoms. The third-order valence-corrected chi connectivity index (χ3v) is 5.77. The monoisotopic (exact) mass is 415 g/mol. The van der Waals surface area contributed by atoms with E-state index in [2.05, 4.69) is 81.4 Å². The van der Waals surface area contributed by atoms with Crippen molar-refractivity contribution in [3.8, 4) is 0 Å². The number of hydrogen-bond donors (Lipinski definition) is 1. The van der Waals surface area contributed by atoms with Crippen LogP contribution in [0.1, 0.15) is 36.6 Å². The van der Waals surface area contributed by atoms with Crippen LogP contribution in [0.3, 0.4) is 0 Å². The number of nitrogens with one attached hydrogen (secondary N) is 1. The fraction of sp³-hybridized carbons (Fsp3) is 0.375. The molecular formula is C16H19Br2NS. The zero-order chi connectivity index (χ0) is 14.5. The van der Waals surface area contributed by atoms with Gasteiger partial charge in [0.1, 0.15) is 0 Å². The zero-order valence-corrected chi connectivity index (χ0v) is 15.7. The summed E-state index contributed by atoms with van der Waals surface area (Å²) in [4.78, 5) is 0. The molecule has 1 unspecified atom stereocenters. The van der Waals surface area contributed by atoms with Crippen LogP contribution in [0.4, 0.5) is 0 Å². The minimum absolute atomic E-state index is 0.351. The van der Waals surface area contributed by atoms with Crippen molar-refractivity contribution < 1.29 is 0 Å². The Balaban J connectivity index is 2.18. The van der Waals surface area contributed by atoms with Crippen molar-refractivity contribution in [3.05, 3.63) is 54.6 Å². The average Bonchev–Trinajstić information content (AvgIpc) is 2.78. The van der Waals surface area contributed by atoms with Gasteiger partial charge in [0.05, 0.1) is 7.57 Å². The molecule has 2 rings (SSSR count). The first-order valence-electron chi connectivity index (χ1n) is 6.90. The van der Waals surface area contributed by atoms with E-state index in [1.165, 1.54) is 24.3 Å². The lowest BCUT2D eigenvalue weighted by atomic mass is 10.00. The summed E-state index contributed by atoms with van der Waals surface area (Å²) >= 11 is 8.97. The molecule has 0 amide bonds. The number of likely N-dealkylation sites (N-methyl/N-ethyl adjacent to an activating group) is 1. The molecule has 2 aromatic rings. The lowest BCUT2D eigenvalue weighted by Gasteiger charge is -2.18. The number of benzene rings is 1. The van der Waals surface area contributed by atoms with Gasteiger partial charge >= 0.3 is 0 Å². The number of hydrogen-bond acceptors (Lipinski definition) is 2. The molecule has 0 radical (unpaired) electrons. The number of aryl methyl sites for hydroxylation is 1. The molecule has 108 valence electrons. The molecule has 4 heteroatoms. The standard InChI is InChI=1S/C16H19Br2NS/c1-3-11-5-7-12(8-6-11)9-14(19-4-2)13-10-15(17)20-16(13)18/h5-8,10,14,19H,3-4,9H2,1-2H3. The van der Waals surface area contributed by atoms with Gasteiger partial charge in [0.2, 0.25) is 0 Å². The Hall–Kier alpha value is -0.160. The Kier molecular flexibility index (Phi) is 6.27. The van der Waals surface area contributed by atoms with E-state index in [0.717, 1.165) is 19.4 Å². The smallest absolute Gasteiger partial charge is 0.0758 e. The molecule has 0 saturated heterocycles. The Morgan fingerprint density at radius 1 is 1.10 bits per heavy atom. The Labute approximate surface area is 142 Å². The van der Waals surface area contributed by atoms with Crippen molar-refractivity contribution >= 4 is 43.2 Å². The molecule has 1 N–H and O–H groups in total. The molecule has 0 aliphatic heterocycles. The van der Waals surface area contributed by atoms with E-state index in [1.807, 2.05) is 0 Å². The molecule has 0 saturated carbocycles. The van der Waals surface area contributed by atoms with Crippen LogP contribution in [-0.4, -0.2) is 6.54 Å². The van der Waals surface area contributed by atoms with E-state index in [4.69, 9.17) is 0 Å². The van der Waals surface area contributed by atoms with Crippen molar-refractivity contribution in [1.29, 1.82) is 0 Å². The molecular weight excluding hydrogens is 398 g/mol. The summed E-state index contributed by atoms with van der Waals surface area (Å²) in [6.07, 6.45) is 2.11. The SMILES string of the molecule is CCNC(Cc1ccc(CC)cc1)c1cc(Br)sc1Br. The molecule has 1 atom stereocenters. The van der Waals surface area contributed by atoms with Gasteiger partial charge in [-0.25, -0.2) is 0 Å². The van der Waals surface area contributed by atoms with Crippen LogP contribution in [0.5, 0.6) is 0 Å². The van der Waals surface area contributed by atoms with Crippen LogP contribution in [0, 0.1) is 0 Å². The third-order valence-electron chi connectivity index (χ3n) is 3.38. The van der Waals surface area contributed by atoms with Gasteiger partial charge in [-0.2, -0.15) is 0 Å². The molecule has 20 heavy (non-hydrogen) atoms. The molecule has 1 aromatic carbocycles. The van der Waals surface area contributed by atoms with Crippen LogP contribution in [0.2, 0.25) is 0 Å². The third kappa shape index (κ3) is 4.17. The molecule has 0 aliphatic carbocycles. The topological polar surface area (TPSA) is 12.0 Å². The van der Waals surface area contributed by atoms with Crippen LogP contribution in [0.25, 0.3) is 0 Å². The molecule has 1 heterocycles. The average molecular weight is 417 g/mol. The van der Waals surface area contributed by atoms with Crippen molar-refractivity contribution in [3.63, 3.8) is 0 Å². The first kappa shape index (κ1) is 16.2. The maximum Gasteiger partial charge on any atom is 0.0758 e. The van der Waals surface area contributed by atoms with Crippen molar-refractivity contribution in [2.24, 2.45) is 0 Å². The predicted octanol–water partition coefficient (Wildman–Crippen LogP) is 5.73. The lowest BCUT2D eigenvalue weighted by Crippen LogP contribution is -2.22. The minimum Gasteiger partial charge on any atom is -0.310 e. The van der Waals surface area contributed by atoms with Crippen molar-refractivity contribution in [2.75, 3.05) is 6.54 Å². The molecule has 0 bridgehead atoms. The van der Waals surface area contributed by atoms with Gasteiger partial charge in [-0.05, 0) is 74.0 Å². The summed E-state index contributed by atoms with van der Waals surface area (Å²) in [5.74, 6) is 0. The van der Waals surface area contributed by atoms with E-state index >= 15 is 0 Å². The fourth-order valence-corrected chi connectivity index (χ4v) is 5.25. The van der Waals surface area contributed by atoms with Gasteiger partial charge in [-0.3, -0.25) is 0 Å². The van der Waals surface area contributed by atoms with E-state index in [1.54, 1.807) is 11.3 Å². The Morgan fingerprint density at radius 2 is 1.75 bits per heavy atom. The second-order valence-corrected chi connectivity index (χ2v) is 8.51. The summed E-state index contributed by atoms with van der Waals surface area (Å²) in [7, 11) is 0. The highest BCUT2D eigenvalue weighted by atomic mass is 79.9. The minimum atomic E-state index is 0.351. The van der Waals surface area contributed by atoms with Crippen LogP contribution >= 0.6 is 43.2 Å². The molecule has 0 aliphatic rings. The van der Waals surface area contributed by atoms with Gasteiger partial charge in [-0.1, -0.05) is 38.1 Å². The zero-order valence-electron chi connectivity index (χ0n) is 11.7. The number of rotatable bonds is 6. The maximum absolute atomic E-state index is 3.67. The van der Waals surface area contributed by atoms with Crippen molar-refractivity contribution in [1.82, 2.24) is 5.32 Å². The Morgan fingerprint density at radius 3 is 2.25 bits per heavy atom. The molecule has 1 nitrogen and oxygen atoms in total. The molecule has 1 aromatic heterocycles. The normalized spacial score (nSPS) is 12.6. The summed E-state index contributed by atoms with van der Waals surface area (Å²) in [6.45, 7) is 5.32. The van der Waals surface area contributed by atoms with Crippen molar-refractivity contribution in [2.45, 2.75) is 32.7 Å². The quantitative estimate of drug-likeness (QED) is 0.633. The highest BCUT2D eigenvalue weighted by Gasteiger charge is 2.16. The fourth-order valence-electron chi connectivity index (χ4n) is 2.28. The summed E-state index contributed by atoms with van der Waals surface area (Å²) < 4.78 is 2.38. The lowest BCUT2D eigenvalue weighted by molar-refractivity contribution is 0.549. The Bertz CT molecular complexity index is 548. The van der Waals surface area contributed by atoms with Crippen LogP contribution in [0.15, 0.2) is 37.9 Å². The molecule has 0 fully saturated rings. The summed E-state index contributed by atoms with van der Waals surface area (Å²) in [6, 6.07) is 11.5. The second kappa shape index (κ2) is 7.74. The summed E-state index contributed by atoms with van der Waals surface area (Å²) in [5, 5.41) is 3.59. The van der Waals surface area contributed by atoms with Gasteiger partial charge in [0, 0.05) is 6.04 Å². The van der Waals surface area contributed by atoms with Gasteiger partial charge in [0.15, 0.2) is 0 Å². The highest BCUT2D eigenvalue weighted by molar-refractivity contribution is 9.12.